The Morgan fingerprint density at radius 1 is 1.38 bits per heavy atom. The van der Waals surface area contributed by atoms with E-state index in [1.807, 2.05) is 0 Å². The van der Waals surface area contributed by atoms with Crippen molar-refractivity contribution in [3.63, 3.8) is 0 Å². The van der Waals surface area contributed by atoms with Gasteiger partial charge in [0.2, 0.25) is 5.91 Å². The zero-order valence-corrected chi connectivity index (χ0v) is 12.9. The predicted molar refractivity (Wildman–Crippen MR) is 73.4 cm³/mol. The highest BCUT2D eigenvalue weighted by Gasteiger charge is 2.55. The Labute approximate surface area is 123 Å². The smallest absolute Gasteiger partial charge is 0.411 e. The largest absolute Gasteiger partial charge is 0.467 e. The third-order valence-corrected chi connectivity index (χ3v) is 3.91. The highest BCUT2D eigenvalue weighted by Crippen LogP contribution is 2.41. The molecule has 2 aliphatic rings. The molecule has 0 aromatic rings. The first kappa shape index (κ1) is 15.6. The predicted octanol–water partition coefficient (Wildman–Crippen LogP) is 0.675. The molecule has 0 saturated carbocycles. The molecular weight excluding hydrogens is 276 g/mol. The molecule has 2 amide bonds. The highest BCUT2D eigenvalue weighted by molar-refractivity contribution is 5.90. The number of carbonyl (C=O) groups excluding carboxylic acids is 3. The Balaban J connectivity index is 2.22. The van der Waals surface area contributed by atoms with Crippen LogP contribution in [-0.4, -0.2) is 54.7 Å². The van der Waals surface area contributed by atoms with E-state index < -0.39 is 29.1 Å². The van der Waals surface area contributed by atoms with Crippen molar-refractivity contribution < 1.29 is 23.9 Å². The first-order valence-electron chi connectivity index (χ1n) is 7.04. The zero-order chi connectivity index (χ0) is 15.8. The van der Waals surface area contributed by atoms with E-state index >= 15 is 0 Å². The van der Waals surface area contributed by atoms with Gasteiger partial charge in [-0.05, 0) is 33.6 Å². The molecule has 21 heavy (non-hydrogen) atoms. The fourth-order valence-corrected chi connectivity index (χ4v) is 2.90. The van der Waals surface area contributed by atoms with E-state index in [1.54, 1.807) is 20.8 Å². The number of rotatable bonds is 1. The van der Waals surface area contributed by atoms with Gasteiger partial charge in [-0.15, -0.1) is 0 Å². The molecule has 0 radical (unpaired) electrons. The number of carbonyl (C=O) groups is 3. The van der Waals surface area contributed by atoms with Crippen LogP contribution in [0.5, 0.6) is 0 Å². The normalized spacial score (nSPS) is 28.7. The molecular formula is C14H22N2O5. The van der Waals surface area contributed by atoms with Crippen LogP contribution >= 0.6 is 0 Å². The van der Waals surface area contributed by atoms with Crippen LogP contribution < -0.4 is 5.32 Å². The average molecular weight is 298 g/mol. The Morgan fingerprint density at radius 3 is 2.52 bits per heavy atom. The van der Waals surface area contributed by atoms with Gasteiger partial charge in [-0.2, -0.15) is 0 Å². The molecule has 0 unspecified atom stereocenters. The standard InChI is InChI=1S/C14H22N2O5/c1-13(2,3)21-12(19)16-8-14(5-6-15-11(14)18)7-9(16)10(17)20-4/h9H,5-8H2,1-4H3,(H,15,18)/t9-,14-/m0/s1. The lowest BCUT2D eigenvalue weighted by molar-refractivity contribution is -0.145. The number of esters is 1. The lowest BCUT2D eigenvalue weighted by Gasteiger charge is -2.27. The van der Waals surface area contributed by atoms with Crippen molar-refractivity contribution in [3.05, 3.63) is 0 Å². The van der Waals surface area contributed by atoms with E-state index in [1.165, 1.54) is 12.0 Å². The van der Waals surface area contributed by atoms with Crippen LogP contribution in [-0.2, 0) is 19.1 Å². The summed E-state index contributed by atoms with van der Waals surface area (Å²) in [6.45, 7) is 6.02. The second kappa shape index (κ2) is 5.20. The number of methoxy groups -OCH3 is 1. The summed E-state index contributed by atoms with van der Waals surface area (Å²) in [5.74, 6) is -0.625. The molecule has 7 heteroatoms. The summed E-state index contributed by atoms with van der Waals surface area (Å²) in [5, 5.41) is 2.77. The van der Waals surface area contributed by atoms with Gasteiger partial charge in [-0.1, -0.05) is 0 Å². The van der Waals surface area contributed by atoms with Crippen molar-refractivity contribution in [2.24, 2.45) is 5.41 Å². The van der Waals surface area contributed by atoms with Crippen molar-refractivity contribution in [2.45, 2.75) is 45.3 Å². The van der Waals surface area contributed by atoms with Gasteiger partial charge in [0.1, 0.15) is 11.6 Å². The Kier molecular flexibility index (Phi) is 3.86. The molecule has 2 fully saturated rings. The summed E-state index contributed by atoms with van der Waals surface area (Å²) in [6.07, 6.45) is 0.304. The maximum atomic E-state index is 12.3. The Hall–Kier alpha value is -1.79. The van der Waals surface area contributed by atoms with E-state index in [0.717, 1.165) is 0 Å². The van der Waals surface area contributed by atoms with E-state index in [0.29, 0.717) is 13.0 Å². The minimum absolute atomic E-state index is 0.109. The van der Waals surface area contributed by atoms with Crippen LogP contribution in [0.4, 0.5) is 4.79 Å². The van der Waals surface area contributed by atoms with Crippen molar-refractivity contribution in [1.29, 1.82) is 0 Å². The van der Waals surface area contributed by atoms with Gasteiger partial charge in [0.25, 0.3) is 0 Å². The molecule has 2 saturated heterocycles. The second-order valence-corrected chi connectivity index (χ2v) is 6.64. The SMILES string of the molecule is COC(=O)[C@@H]1C[C@@]2(CCNC2=O)CN1C(=O)OC(C)(C)C. The summed E-state index contributed by atoms with van der Waals surface area (Å²) >= 11 is 0. The number of likely N-dealkylation sites (tertiary alicyclic amines) is 1. The average Bonchev–Trinajstić information content (AvgIpc) is 2.92. The monoisotopic (exact) mass is 298 g/mol. The fourth-order valence-electron chi connectivity index (χ4n) is 2.90. The molecule has 2 atom stereocenters. The minimum Gasteiger partial charge on any atom is -0.467 e. The van der Waals surface area contributed by atoms with Crippen molar-refractivity contribution in [3.8, 4) is 0 Å². The topological polar surface area (TPSA) is 84.9 Å². The molecule has 1 spiro atoms. The first-order valence-corrected chi connectivity index (χ1v) is 7.04. The summed E-state index contributed by atoms with van der Waals surface area (Å²) in [6, 6.07) is -0.770. The van der Waals surface area contributed by atoms with Crippen molar-refractivity contribution in [1.82, 2.24) is 10.2 Å². The van der Waals surface area contributed by atoms with Gasteiger partial charge >= 0.3 is 12.1 Å². The van der Waals surface area contributed by atoms with Gasteiger partial charge in [-0.3, -0.25) is 9.69 Å². The van der Waals surface area contributed by atoms with E-state index in [9.17, 15) is 14.4 Å². The van der Waals surface area contributed by atoms with Crippen LogP contribution in [0.1, 0.15) is 33.6 Å². The van der Waals surface area contributed by atoms with Crippen LogP contribution in [0.15, 0.2) is 0 Å². The molecule has 1 N–H and O–H groups in total. The zero-order valence-electron chi connectivity index (χ0n) is 12.9. The molecule has 2 rings (SSSR count). The molecule has 0 aromatic carbocycles. The third-order valence-electron chi connectivity index (χ3n) is 3.91. The number of amides is 2. The second-order valence-electron chi connectivity index (χ2n) is 6.64. The van der Waals surface area contributed by atoms with Crippen molar-refractivity contribution in [2.75, 3.05) is 20.2 Å². The third kappa shape index (κ3) is 2.96. The Bertz CT molecular complexity index is 470. The summed E-state index contributed by atoms with van der Waals surface area (Å²) < 4.78 is 10.1. The van der Waals surface area contributed by atoms with Gasteiger partial charge in [0, 0.05) is 13.1 Å². The fraction of sp³-hybridized carbons (Fsp3) is 0.786. The summed E-state index contributed by atoms with van der Waals surface area (Å²) in [7, 11) is 1.27. The molecule has 2 heterocycles. The number of hydrogen-bond donors (Lipinski definition) is 1. The number of nitrogens with zero attached hydrogens (tertiary/aromatic N) is 1. The minimum atomic E-state index is -0.770. The molecule has 118 valence electrons. The van der Waals surface area contributed by atoms with E-state index in [-0.39, 0.29) is 18.9 Å². The van der Waals surface area contributed by atoms with Crippen LogP contribution in [0, 0.1) is 5.41 Å². The van der Waals surface area contributed by atoms with Gasteiger partial charge in [-0.25, -0.2) is 9.59 Å². The molecule has 2 aliphatic heterocycles. The number of nitrogens with one attached hydrogen (secondary N) is 1. The Morgan fingerprint density at radius 2 is 2.05 bits per heavy atom. The molecule has 0 bridgehead atoms. The number of ether oxygens (including phenoxy) is 2. The quantitative estimate of drug-likeness (QED) is 0.719. The number of hydrogen-bond acceptors (Lipinski definition) is 5. The van der Waals surface area contributed by atoms with Crippen LogP contribution in [0.3, 0.4) is 0 Å². The highest BCUT2D eigenvalue weighted by atomic mass is 16.6. The maximum Gasteiger partial charge on any atom is 0.411 e. The summed E-state index contributed by atoms with van der Waals surface area (Å²) in [5.41, 5.74) is -1.36. The lowest BCUT2D eigenvalue weighted by atomic mass is 9.84. The molecule has 7 nitrogen and oxygen atoms in total. The van der Waals surface area contributed by atoms with E-state index in [4.69, 9.17) is 9.47 Å². The van der Waals surface area contributed by atoms with Crippen LogP contribution in [0.2, 0.25) is 0 Å². The lowest BCUT2D eigenvalue weighted by Crippen LogP contribution is -2.44. The van der Waals surface area contributed by atoms with Crippen molar-refractivity contribution >= 4 is 18.0 Å². The summed E-state index contributed by atoms with van der Waals surface area (Å²) in [4.78, 5) is 37.6. The van der Waals surface area contributed by atoms with Gasteiger partial charge in [0.15, 0.2) is 0 Å². The first-order chi connectivity index (χ1) is 9.68. The molecule has 0 aliphatic carbocycles. The van der Waals surface area contributed by atoms with Crippen LogP contribution in [0.25, 0.3) is 0 Å². The van der Waals surface area contributed by atoms with Gasteiger partial charge in [0.05, 0.1) is 12.5 Å². The molecule has 0 aromatic heterocycles. The van der Waals surface area contributed by atoms with Gasteiger partial charge < -0.3 is 14.8 Å². The van der Waals surface area contributed by atoms with E-state index in [2.05, 4.69) is 5.32 Å². The maximum absolute atomic E-state index is 12.3.